The van der Waals surface area contributed by atoms with Crippen LogP contribution in [-0.4, -0.2) is 46.2 Å². The summed E-state index contributed by atoms with van der Waals surface area (Å²) in [5, 5.41) is 24.5. The number of rotatable bonds is 10. The fourth-order valence-electron chi connectivity index (χ4n) is 3.70. The molecule has 1 amide bonds. The highest BCUT2D eigenvalue weighted by molar-refractivity contribution is 5.95. The zero-order chi connectivity index (χ0) is 24.0. The van der Waals surface area contributed by atoms with Gasteiger partial charge in [0.05, 0.1) is 18.4 Å². The average Bonchev–Trinajstić information content (AvgIpc) is 3.64. The minimum absolute atomic E-state index is 0.118. The third-order valence-corrected chi connectivity index (χ3v) is 5.77. The molecule has 3 N–H and O–H groups in total. The smallest absolute Gasteiger partial charge is 0.252 e. The summed E-state index contributed by atoms with van der Waals surface area (Å²) in [7, 11) is 0. The molecule has 0 saturated heterocycles. The number of aliphatic hydroxyl groups excluding tert-OH is 1. The first-order valence-corrected chi connectivity index (χ1v) is 11.5. The van der Waals surface area contributed by atoms with E-state index in [9.17, 15) is 9.90 Å². The maximum Gasteiger partial charge on any atom is 0.252 e. The lowest BCUT2D eigenvalue weighted by molar-refractivity contribution is 0.0941. The number of hydrogen-bond acceptors (Lipinski definition) is 7. The third-order valence-electron chi connectivity index (χ3n) is 5.77. The molecule has 1 aliphatic carbocycles. The van der Waals surface area contributed by atoms with Crippen molar-refractivity contribution in [2.75, 3.05) is 29.9 Å². The molecule has 3 aromatic rings. The fourth-order valence-corrected chi connectivity index (χ4v) is 3.70. The number of amides is 1. The van der Waals surface area contributed by atoms with Gasteiger partial charge in [-0.25, -0.2) is 9.97 Å². The van der Waals surface area contributed by atoms with Crippen molar-refractivity contribution in [2.45, 2.75) is 31.7 Å². The minimum Gasteiger partial charge on any atom is -0.395 e. The van der Waals surface area contributed by atoms with E-state index in [1.165, 1.54) is 0 Å². The van der Waals surface area contributed by atoms with Crippen molar-refractivity contribution in [1.82, 2.24) is 15.3 Å². The number of nitrogens with zero attached hydrogens (tertiary/aromatic N) is 4. The van der Waals surface area contributed by atoms with Crippen LogP contribution in [0.15, 0.2) is 60.8 Å². The molecule has 1 fully saturated rings. The van der Waals surface area contributed by atoms with Crippen LogP contribution < -0.4 is 15.5 Å². The van der Waals surface area contributed by atoms with Gasteiger partial charge >= 0.3 is 0 Å². The first-order chi connectivity index (χ1) is 16.6. The van der Waals surface area contributed by atoms with E-state index in [0.29, 0.717) is 30.9 Å². The van der Waals surface area contributed by atoms with E-state index in [4.69, 9.17) is 5.26 Å². The summed E-state index contributed by atoms with van der Waals surface area (Å²) in [6.45, 7) is 3.72. The van der Waals surface area contributed by atoms with E-state index in [0.717, 1.165) is 35.6 Å². The first kappa shape index (κ1) is 23.2. The van der Waals surface area contributed by atoms with Crippen LogP contribution in [0.3, 0.4) is 0 Å². The molecule has 1 heterocycles. The van der Waals surface area contributed by atoms with Gasteiger partial charge in [0.2, 0.25) is 5.95 Å². The van der Waals surface area contributed by atoms with Crippen LogP contribution in [0.25, 0.3) is 11.3 Å². The number of hydrogen-bond donors (Lipinski definition) is 3. The van der Waals surface area contributed by atoms with Crippen LogP contribution in [0.5, 0.6) is 0 Å². The van der Waals surface area contributed by atoms with Gasteiger partial charge in [0, 0.05) is 41.8 Å². The zero-order valence-electron chi connectivity index (χ0n) is 19.2. The Kier molecular flexibility index (Phi) is 7.04. The number of anilines is 3. The molecular weight excluding hydrogens is 428 g/mol. The van der Waals surface area contributed by atoms with E-state index in [1.807, 2.05) is 42.5 Å². The maximum absolute atomic E-state index is 12.4. The Balaban J connectivity index is 1.43. The van der Waals surface area contributed by atoms with Crippen molar-refractivity contribution in [3.63, 3.8) is 0 Å². The molecule has 34 heavy (non-hydrogen) atoms. The molecule has 1 aliphatic rings. The summed E-state index contributed by atoms with van der Waals surface area (Å²) in [6.07, 6.45) is 4.10. The Hall–Kier alpha value is -3.96. The number of aliphatic hydroxyl groups is 1. The Labute approximate surface area is 199 Å². The van der Waals surface area contributed by atoms with Crippen LogP contribution in [0.4, 0.5) is 17.3 Å². The van der Waals surface area contributed by atoms with Crippen molar-refractivity contribution in [3.8, 4) is 17.3 Å². The summed E-state index contributed by atoms with van der Waals surface area (Å²) in [5.41, 5.74) is 3.33. The lowest BCUT2D eigenvalue weighted by Gasteiger charge is -2.23. The van der Waals surface area contributed by atoms with Gasteiger partial charge in [0.25, 0.3) is 5.91 Å². The Bertz CT molecular complexity index is 1160. The van der Waals surface area contributed by atoms with E-state index in [2.05, 4.69) is 38.5 Å². The molecule has 0 spiro atoms. The molecule has 0 atom stereocenters. The Morgan fingerprint density at radius 1 is 1.12 bits per heavy atom. The van der Waals surface area contributed by atoms with Crippen molar-refractivity contribution in [2.24, 2.45) is 0 Å². The van der Waals surface area contributed by atoms with E-state index in [-0.39, 0.29) is 12.5 Å². The van der Waals surface area contributed by atoms with Crippen molar-refractivity contribution >= 4 is 23.2 Å². The third kappa shape index (κ3) is 5.50. The summed E-state index contributed by atoms with van der Waals surface area (Å²) in [5.74, 6) is 0.230. The number of benzene rings is 2. The summed E-state index contributed by atoms with van der Waals surface area (Å²) < 4.78 is 0. The van der Waals surface area contributed by atoms with Gasteiger partial charge in [-0.15, -0.1) is 0 Å². The van der Waals surface area contributed by atoms with Crippen molar-refractivity contribution in [1.29, 1.82) is 5.26 Å². The number of nitriles is 1. The molecule has 0 bridgehead atoms. The zero-order valence-corrected chi connectivity index (χ0v) is 19.2. The summed E-state index contributed by atoms with van der Waals surface area (Å²) in [4.78, 5) is 23.5. The van der Waals surface area contributed by atoms with Crippen LogP contribution in [0, 0.1) is 11.3 Å². The summed E-state index contributed by atoms with van der Waals surface area (Å²) >= 11 is 0. The maximum atomic E-state index is 12.4. The minimum atomic E-state index is -0.686. The molecular formula is C26H28N6O2. The molecule has 0 unspecified atom stereocenters. The highest BCUT2D eigenvalue weighted by atomic mass is 16.3. The van der Waals surface area contributed by atoms with Crippen LogP contribution in [0.2, 0.25) is 0 Å². The SMILES string of the molecule is CCCN(CCO)c1ccc(Nc2nccc(-c3ccc(C(=O)NC4(C#N)CC4)cc3)n2)cc1. The van der Waals surface area contributed by atoms with Crippen molar-refractivity contribution < 1.29 is 9.90 Å². The molecule has 2 aromatic carbocycles. The second kappa shape index (κ2) is 10.3. The van der Waals surface area contributed by atoms with Crippen molar-refractivity contribution in [3.05, 3.63) is 66.4 Å². The molecule has 1 saturated carbocycles. The van der Waals surface area contributed by atoms with Gasteiger partial charge in [-0.1, -0.05) is 19.1 Å². The van der Waals surface area contributed by atoms with Gasteiger partial charge in [0.1, 0.15) is 5.54 Å². The monoisotopic (exact) mass is 456 g/mol. The number of aromatic nitrogens is 2. The number of carbonyl (C=O) groups is 1. The Morgan fingerprint density at radius 2 is 1.85 bits per heavy atom. The van der Waals surface area contributed by atoms with Gasteiger partial charge in [-0.05, 0) is 61.7 Å². The van der Waals surface area contributed by atoms with E-state index in [1.54, 1.807) is 18.3 Å². The average molecular weight is 457 g/mol. The largest absolute Gasteiger partial charge is 0.395 e. The highest BCUT2D eigenvalue weighted by Gasteiger charge is 2.44. The fraction of sp³-hybridized carbons (Fsp3) is 0.308. The number of nitrogens with one attached hydrogen (secondary N) is 2. The second-order valence-corrected chi connectivity index (χ2v) is 8.37. The van der Waals surface area contributed by atoms with Gasteiger partial charge in [-0.2, -0.15) is 5.26 Å². The highest BCUT2D eigenvalue weighted by Crippen LogP contribution is 2.34. The van der Waals surface area contributed by atoms with Gasteiger partial charge in [-0.3, -0.25) is 4.79 Å². The van der Waals surface area contributed by atoms with Crippen LogP contribution >= 0.6 is 0 Å². The lowest BCUT2D eigenvalue weighted by Crippen LogP contribution is -2.35. The molecule has 8 heteroatoms. The Morgan fingerprint density at radius 3 is 2.47 bits per heavy atom. The normalized spacial score (nSPS) is 13.6. The lowest BCUT2D eigenvalue weighted by atomic mass is 10.1. The molecule has 1 aromatic heterocycles. The predicted octanol–water partition coefficient (Wildman–Crippen LogP) is 3.88. The molecule has 174 valence electrons. The quantitative estimate of drug-likeness (QED) is 0.424. The molecule has 8 nitrogen and oxygen atoms in total. The second-order valence-electron chi connectivity index (χ2n) is 8.37. The molecule has 0 aliphatic heterocycles. The standard InChI is InChI=1S/C26H28N6O2/c1-2-15-32(16-17-33)22-9-7-21(8-10-22)29-25-28-14-11-23(30-25)19-3-5-20(6-4-19)24(34)31-26(18-27)12-13-26/h3-11,14,33H,2,12-13,15-17H2,1H3,(H,31,34)(H,28,29,30). The van der Waals surface area contributed by atoms with E-state index < -0.39 is 5.54 Å². The molecule has 4 rings (SSSR count). The van der Waals surface area contributed by atoms with Crippen LogP contribution in [0.1, 0.15) is 36.5 Å². The predicted molar refractivity (Wildman–Crippen MR) is 132 cm³/mol. The first-order valence-electron chi connectivity index (χ1n) is 11.5. The van der Waals surface area contributed by atoms with E-state index >= 15 is 0 Å². The van der Waals surface area contributed by atoms with Gasteiger partial charge in [0.15, 0.2) is 0 Å². The van der Waals surface area contributed by atoms with Gasteiger partial charge < -0.3 is 20.6 Å². The summed E-state index contributed by atoms with van der Waals surface area (Å²) in [6, 6.07) is 19.1. The van der Waals surface area contributed by atoms with Crippen LogP contribution in [-0.2, 0) is 0 Å². The number of carbonyl (C=O) groups excluding carboxylic acids is 1. The molecule has 0 radical (unpaired) electrons. The topological polar surface area (TPSA) is 114 Å².